The van der Waals surface area contributed by atoms with Gasteiger partial charge in [0.1, 0.15) is 18.1 Å². The van der Waals surface area contributed by atoms with E-state index in [1.807, 2.05) is 18.2 Å². The van der Waals surface area contributed by atoms with Crippen LogP contribution in [0, 0.1) is 0 Å². The van der Waals surface area contributed by atoms with E-state index in [1.165, 1.54) is 39.5 Å². The quantitative estimate of drug-likeness (QED) is 0.125. The Labute approximate surface area is 295 Å². The third-order valence-corrected chi connectivity index (χ3v) is 7.94. The van der Waals surface area contributed by atoms with Crippen LogP contribution in [-0.2, 0) is 47.9 Å². The highest BCUT2D eigenvalue weighted by molar-refractivity contribution is 6.06. The smallest absolute Gasteiger partial charge is 0.328 e. The molecule has 0 saturated carbocycles. The van der Waals surface area contributed by atoms with E-state index in [0.717, 1.165) is 16.7 Å². The first-order chi connectivity index (χ1) is 24.6. The predicted molar refractivity (Wildman–Crippen MR) is 187 cm³/mol. The molecule has 0 aliphatic heterocycles. The van der Waals surface area contributed by atoms with Crippen molar-refractivity contribution in [2.75, 3.05) is 21.3 Å². The summed E-state index contributed by atoms with van der Waals surface area (Å²) in [6.07, 6.45) is 0.314. The van der Waals surface area contributed by atoms with E-state index < -0.39 is 53.8 Å². The van der Waals surface area contributed by atoms with Crippen LogP contribution < -0.4 is 16.0 Å². The SMILES string of the molecule is COC(=O)[C@H](Cc1ccccc1)NC(=O)c1cc(C(=O)N[C@@H](Cc2ccccc2)C(=O)OC)cc(C(=O)N[C@@H](Cc2ccccc2)C(=O)OC)c1. The number of esters is 3. The molecule has 3 amide bonds. The number of benzene rings is 4. The summed E-state index contributed by atoms with van der Waals surface area (Å²) in [5, 5.41) is 7.92. The van der Waals surface area contributed by atoms with Crippen molar-refractivity contribution in [2.45, 2.75) is 37.4 Å². The van der Waals surface area contributed by atoms with Gasteiger partial charge >= 0.3 is 17.9 Å². The standard InChI is InChI=1S/C39H39N3O9/c1-49-37(46)31(19-25-13-7-4-8-14-25)40-34(43)28-22-29(35(44)41-32(38(47)50-2)20-26-15-9-5-10-16-26)24-30(23-28)36(45)42-33(39(48)51-3)21-27-17-11-6-12-18-27/h4-18,22-24,31-33H,19-21H2,1-3H3,(H,40,43)(H,41,44)(H,42,45)/t31-,32-,33-/m0/s1. The van der Waals surface area contributed by atoms with E-state index in [2.05, 4.69) is 16.0 Å². The van der Waals surface area contributed by atoms with Gasteiger partial charge in [-0.05, 0) is 34.9 Å². The Hall–Kier alpha value is -6.30. The Bertz CT molecular complexity index is 1610. The Morgan fingerprint density at radius 2 is 0.667 bits per heavy atom. The van der Waals surface area contributed by atoms with E-state index in [1.54, 1.807) is 72.8 Å². The third kappa shape index (κ3) is 10.8. The number of rotatable bonds is 15. The van der Waals surface area contributed by atoms with Crippen molar-refractivity contribution in [3.8, 4) is 0 Å². The number of carbonyl (C=O) groups excluding carboxylic acids is 6. The van der Waals surface area contributed by atoms with Gasteiger partial charge in [0.15, 0.2) is 0 Å². The van der Waals surface area contributed by atoms with Crippen molar-refractivity contribution in [3.05, 3.63) is 143 Å². The molecule has 0 spiro atoms. The zero-order valence-corrected chi connectivity index (χ0v) is 28.4. The molecule has 0 aliphatic rings. The van der Waals surface area contributed by atoms with Gasteiger partial charge in [-0.2, -0.15) is 0 Å². The summed E-state index contributed by atoms with van der Waals surface area (Å²) >= 11 is 0. The minimum absolute atomic E-state index is 0.105. The topological polar surface area (TPSA) is 166 Å². The molecule has 0 radical (unpaired) electrons. The molecule has 4 rings (SSSR count). The van der Waals surface area contributed by atoms with Gasteiger partial charge in [-0.1, -0.05) is 91.0 Å². The van der Waals surface area contributed by atoms with Crippen LogP contribution in [0.1, 0.15) is 47.8 Å². The van der Waals surface area contributed by atoms with Crippen LogP contribution in [0.4, 0.5) is 0 Å². The largest absolute Gasteiger partial charge is 0.467 e. The fourth-order valence-electron chi connectivity index (χ4n) is 5.30. The van der Waals surface area contributed by atoms with Crippen molar-refractivity contribution < 1.29 is 43.0 Å². The molecule has 12 nitrogen and oxygen atoms in total. The molecule has 0 fully saturated rings. The normalized spacial score (nSPS) is 12.3. The average molecular weight is 694 g/mol. The van der Waals surface area contributed by atoms with Crippen molar-refractivity contribution in [1.82, 2.24) is 16.0 Å². The first-order valence-corrected chi connectivity index (χ1v) is 16.0. The van der Waals surface area contributed by atoms with Gasteiger partial charge in [0, 0.05) is 36.0 Å². The van der Waals surface area contributed by atoms with E-state index >= 15 is 0 Å². The number of nitrogens with one attached hydrogen (secondary N) is 3. The van der Waals surface area contributed by atoms with Crippen molar-refractivity contribution in [1.29, 1.82) is 0 Å². The van der Waals surface area contributed by atoms with Gasteiger partial charge in [-0.25, -0.2) is 14.4 Å². The number of ether oxygens (including phenoxy) is 3. The van der Waals surface area contributed by atoms with E-state index in [9.17, 15) is 28.8 Å². The monoisotopic (exact) mass is 693 g/mol. The van der Waals surface area contributed by atoms with Crippen molar-refractivity contribution >= 4 is 35.6 Å². The molecule has 4 aromatic rings. The summed E-state index contributed by atoms with van der Waals surface area (Å²) in [7, 11) is 3.58. The second kappa shape index (κ2) is 18.5. The lowest BCUT2D eigenvalue weighted by Gasteiger charge is -2.20. The first-order valence-electron chi connectivity index (χ1n) is 16.0. The summed E-state index contributed by atoms with van der Waals surface area (Å²) in [6.45, 7) is 0. The summed E-state index contributed by atoms with van der Waals surface area (Å²) in [5.41, 5.74) is 1.81. The highest BCUT2D eigenvalue weighted by Crippen LogP contribution is 2.15. The van der Waals surface area contributed by atoms with Gasteiger partial charge < -0.3 is 30.2 Å². The summed E-state index contributed by atoms with van der Waals surface area (Å²) < 4.78 is 14.8. The fourth-order valence-corrected chi connectivity index (χ4v) is 5.30. The summed E-state index contributed by atoms with van der Waals surface area (Å²) in [6, 6.07) is 27.3. The maximum absolute atomic E-state index is 13.7. The van der Waals surface area contributed by atoms with Gasteiger partial charge in [-0.15, -0.1) is 0 Å². The Balaban J connectivity index is 1.68. The van der Waals surface area contributed by atoms with Crippen molar-refractivity contribution in [3.63, 3.8) is 0 Å². The van der Waals surface area contributed by atoms with Crippen molar-refractivity contribution in [2.24, 2.45) is 0 Å². The van der Waals surface area contributed by atoms with Crippen LogP contribution in [0.15, 0.2) is 109 Å². The van der Waals surface area contributed by atoms with Crippen LogP contribution in [0.3, 0.4) is 0 Å². The number of methoxy groups -OCH3 is 3. The highest BCUT2D eigenvalue weighted by atomic mass is 16.5. The Kier molecular flexibility index (Phi) is 13.6. The molecular formula is C39H39N3O9. The minimum Gasteiger partial charge on any atom is -0.467 e. The number of carbonyl (C=O) groups is 6. The molecule has 3 atom stereocenters. The lowest BCUT2D eigenvalue weighted by atomic mass is 10.0. The maximum Gasteiger partial charge on any atom is 0.328 e. The highest BCUT2D eigenvalue weighted by Gasteiger charge is 2.28. The summed E-state index contributed by atoms with van der Waals surface area (Å²) in [4.78, 5) is 79.3. The maximum atomic E-state index is 13.7. The molecule has 0 aliphatic carbocycles. The number of amides is 3. The molecule has 0 aromatic heterocycles. The molecule has 51 heavy (non-hydrogen) atoms. The molecule has 0 saturated heterocycles. The fraction of sp³-hybridized carbons (Fsp3) is 0.231. The van der Waals surface area contributed by atoms with Crippen LogP contribution in [0.5, 0.6) is 0 Å². The van der Waals surface area contributed by atoms with Crippen LogP contribution in [0.2, 0.25) is 0 Å². The first kappa shape index (κ1) is 37.5. The molecule has 12 heteroatoms. The molecule has 0 heterocycles. The minimum atomic E-state index is -1.11. The van der Waals surface area contributed by atoms with Gasteiger partial charge in [0.2, 0.25) is 0 Å². The second-order valence-electron chi connectivity index (χ2n) is 11.5. The number of hydrogen-bond donors (Lipinski definition) is 3. The van der Waals surface area contributed by atoms with Crippen LogP contribution >= 0.6 is 0 Å². The zero-order chi connectivity index (χ0) is 36.8. The molecular weight excluding hydrogens is 654 g/mol. The van der Waals surface area contributed by atoms with Crippen LogP contribution in [-0.4, -0.2) is 75.1 Å². The molecule has 0 unspecified atom stereocenters. The predicted octanol–water partition coefficient (Wildman–Crippen LogP) is 3.23. The van der Waals surface area contributed by atoms with Crippen LogP contribution in [0.25, 0.3) is 0 Å². The average Bonchev–Trinajstić information content (AvgIpc) is 3.17. The van der Waals surface area contributed by atoms with Gasteiger partial charge in [0.25, 0.3) is 17.7 Å². The van der Waals surface area contributed by atoms with E-state index in [0.29, 0.717) is 0 Å². The zero-order valence-electron chi connectivity index (χ0n) is 28.4. The molecule has 3 N–H and O–H groups in total. The van der Waals surface area contributed by atoms with E-state index in [4.69, 9.17) is 14.2 Å². The lowest BCUT2D eigenvalue weighted by molar-refractivity contribution is -0.143. The van der Waals surface area contributed by atoms with Gasteiger partial charge in [0.05, 0.1) is 21.3 Å². The Morgan fingerprint density at radius 3 is 0.882 bits per heavy atom. The third-order valence-electron chi connectivity index (χ3n) is 7.94. The van der Waals surface area contributed by atoms with E-state index in [-0.39, 0.29) is 36.0 Å². The Morgan fingerprint density at radius 1 is 0.431 bits per heavy atom. The molecule has 4 aromatic carbocycles. The molecule has 264 valence electrons. The lowest BCUT2D eigenvalue weighted by Crippen LogP contribution is -2.44. The number of hydrogen-bond acceptors (Lipinski definition) is 9. The second-order valence-corrected chi connectivity index (χ2v) is 11.5. The summed E-state index contributed by atoms with van der Waals surface area (Å²) in [5.74, 6) is -4.47. The van der Waals surface area contributed by atoms with Gasteiger partial charge in [-0.3, -0.25) is 14.4 Å². The molecule has 0 bridgehead atoms.